The van der Waals surface area contributed by atoms with Gasteiger partial charge >= 0.3 is 0 Å². The van der Waals surface area contributed by atoms with Crippen LogP contribution in [-0.2, 0) is 4.79 Å². The number of rotatable bonds is 9. The number of carbonyl (C=O) groups excluding carboxylic acids is 1. The Labute approximate surface area is 149 Å². The molecular formula is C20H26N2O3. The first-order chi connectivity index (χ1) is 12.1. The van der Waals surface area contributed by atoms with Gasteiger partial charge in [-0.05, 0) is 32.3 Å². The van der Waals surface area contributed by atoms with Crippen LogP contribution in [0.1, 0.15) is 18.0 Å². The molecule has 5 heteroatoms. The van der Waals surface area contributed by atoms with Crippen LogP contribution >= 0.6 is 0 Å². The number of likely N-dealkylation sites (N-methyl/N-ethyl adjacent to an activating group) is 1. The van der Waals surface area contributed by atoms with Crippen LogP contribution in [0.4, 0.5) is 0 Å². The molecule has 2 aromatic carbocycles. The minimum Gasteiger partial charge on any atom is -0.496 e. The van der Waals surface area contributed by atoms with E-state index in [0.29, 0.717) is 19.6 Å². The number of ether oxygens (including phenoxy) is 2. The van der Waals surface area contributed by atoms with Gasteiger partial charge in [-0.25, -0.2) is 0 Å². The lowest BCUT2D eigenvalue weighted by Crippen LogP contribution is -2.35. The number of nitrogens with one attached hydrogen (secondary N) is 1. The fourth-order valence-electron chi connectivity index (χ4n) is 2.59. The van der Waals surface area contributed by atoms with E-state index in [0.717, 1.165) is 17.1 Å². The molecule has 2 rings (SSSR count). The maximum absolute atomic E-state index is 12.1. The highest BCUT2D eigenvalue weighted by molar-refractivity contribution is 5.76. The number of para-hydroxylation sites is 2. The van der Waals surface area contributed by atoms with E-state index in [1.165, 1.54) is 0 Å². The molecule has 1 N–H and O–H groups in total. The van der Waals surface area contributed by atoms with Crippen LogP contribution in [0.25, 0.3) is 0 Å². The van der Waals surface area contributed by atoms with Gasteiger partial charge in [0.1, 0.15) is 11.5 Å². The second-order valence-corrected chi connectivity index (χ2v) is 5.94. The van der Waals surface area contributed by atoms with Gasteiger partial charge < -0.3 is 19.7 Å². The second-order valence-electron chi connectivity index (χ2n) is 5.94. The van der Waals surface area contributed by atoms with Crippen LogP contribution in [0.15, 0.2) is 54.6 Å². The highest BCUT2D eigenvalue weighted by Crippen LogP contribution is 2.27. The van der Waals surface area contributed by atoms with Crippen LogP contribution < -0.4 is 14.8 Å². The molecule has 5 nitrogen and oxygen atoms in total. The summed E-state index contributed by atoms with van der Waals surface area (Å²) in [6.07, 6.45) is 0.320. The van der Waals surface area contributed by atoms with E-state index < -0.39 is 0 Å². The van der Waals surface area contributed by atoms with E-state index in [1.807, 2.05) is 68.7 Å². The monoisotopic (exact) mass is 342 g/mol. The van der Waals surface area contributed by atoms with Gasteiger partial charge in [-0.2, -0.15) is 0 Å². The Morgan fingerprint density at radius 2 is 1.76 bits per heavy atom. The minimum atomic E-state index is -0.0299. The molecule has 1 atom stereocenters. The smallest absolute Gasteiger partial charge is 0.223 e. The van der Waals surface area contributed by atoms with Gasteiger partial charge in [0.25, 0.3) is 0 Å². The second kappa shape index (κ2) is 9.69. The Balaban J connectivity index is 1.85. The first kappa shape index (κ1) is 18.8. The highest BCUT2D eigenvalue weighted by Gasteiger charge is 2.18. The molecule has 1 amide bonds. The molecule has 2 aromatic rings. The lowest BCUT2D eigenvalue weighted by Gasteiger charge is -2.26. The molecule has 0 aromatic heterocycles. The van der Waals surface area contributed by atoms with Gasteiger partial charge in [0.2, 0.25) is 5.91 Å². The Morgan fingerprint density at radius 3 is 2.44 bits per heavy atom. The summed E-state index contributed by atoms with van der Waals surface area (Å²) in [6, 6.07) is 17.4. The SMILES string of the molecule is COc1ccccc1C(CNC(=O)CCOc1ccccc1)N(C)C. The third-order valence-corrected chi connectivity index (χ3v) is 3.95. The lowest BCUT2D eigenvalue weighted by molar-refractivity contribution is -0.121. The van der Waals surface area contributed by atoms with E-state index in [2.05, 4.69) is 10.2 Å². The third kappa shape index (κ3) is 5.80. The Bertz CT molecular complexity index is 659. The van der Waals surface area contributed by atoms with Gasteiger partial charge in [-0.1, -0.05) is 36.4 Å². The van der Waals surface area contributed by atoms with E-state index in [9.17, 15) is 4.79 Å². The predicted octanol–water partition coefficient (Wildman–Crippen LogP) is 2.88. The molecule has 0 radical (unpaired) electrons. The average molecular weight is 342 g/mol. The molecule has 0 saturated carbocycles. The molecule has 0 fully saturated rings. The van der Waals surface area contributed by atoms with Crippen molar-refractivity contribution in [1.82, 2.24) is 10.2 Å². The summed E-state index contributed by atoms with van der Waals surface area (Å²) in [5.41, 5.74) is 1.05. The molecule has 0 saturated heterocycles. The molecule has 0 aliphatic rings. The number of nitrogens with zero attached hydrogens (tertiary/aromatic N) is 1. The maximum Gasteiger partial charge on any atom is 0.223 e. The van der Waals surface area contributed by atoms with E-state index in [-0.39, 0.29) is 11.9 Å². The molecule has 0 bridgehead atoms. The summed E-state index contributed by atoms with van der Waals surface area (Å²) < 4.78 is 11.0. The van der Waals surface area contributed by atoms with Crippen LogP contribution in [0.3, 0.4) is 0 Å². The zero-order valence-corrected chi connectivity index (χ0v) is 15.1. The Morgan fingerprint density at radius 1 is 1.08 bits per heavy atom. The number of hydrogen-bond acceptors (Lipinski definition) is 4. The molecule has 0 aliphatic heterocycles. The highest BCUT2D eigenvalue weighted by atomic mass is 16.5. The van der Waals surface area contributed by atoms with E-state index in [4.69, 9.17) is 9.47 Å². The number of methoxy groups -OCH3 is 1. The van der Waals surface area contributed by atoms with Gasteiger partial charge in [0, 0.05) is 12.1 Å². The van der Waals surface area contributed by atoms with Gasteiger partial charge in [-0.15, -0.1) is 0 Å². The van der Waals surface area contributed by atoms with Gasteiger partial charge in [-0.3, -0.25) is 4.79 Å². The van der Waals surface area contributed by atoms with Crippen molar-refractivity contribution in [3.8, 4) is 11.5 Å². The molecule has 25 heavy (non-hydrogen) atoms. The van der Waals surface area contributed by atoms with Crippen molar-refractivity contribution in [2.75, 3.05) is 34.4 Å². The van der Waals surface area contributed by atoms with Crippen molar-refractivity contribution >= 4 is 5.91 Å². The average Bonchev–Trinajstić information content (AvgIpc) is 2.63. The van der Waals surface area contributed by atoms with E-state index in [1.54, 1.807) is 7.11 Å². The Kier molecular flexibility index (Phi) is 7.29. The molecule has 0 spiro atoms. The molecule has 0 aliphatic carbocycles. The maximum atomic E-state index is 12.1. The quantitative estimate of drug-likeness (QED) is 0.761. The fourth-order valence-corrected chi connectivity index (χ4v) is 2.59. The zero-order valence-electron chi connectivity index (χ0n) is 15.1. The molecule has 1 unspecified atom stereocenters. The van der Waals surface area contributed by atoms with Crippen LogP contribution in [0, 0.1) is 0 Å². The predicted molar refractivity (Wildman–Crippen MR) is 99.0 cm³/mol. The number of benzene rings is 2. The van der Waals surface area contributed by atoms with Crippen molar-refractivity contribution in [2.45, 2.75) is 12.5 Å². The summed E-state index contributed by atoms with van der Waals surface area (Å²) >= 11 is 0. The largest absolute Gasteiger partial charge is 0.496 e. The van der Waals surface area contributed by atoms with Crippen molar-refractivity contribution < 1.29 is 14.3 Å². The number of carbonyl (C=O) groups is 1. The first-order valence-corrected chi connectivity index (χ1v) is 8.35. The Hall–Kier alpha value is -2.53. The van der Waals surface area contributed by atoms with Crippen molar-refractivity contribution in [3.63, 3.8) is 0 Å². The van der Waals surface area contributed by atoms with Gasteiger partial charge in [0.05, 0.1) is 26.2 Å². The minimum absolute atomic E-state index is 0.0299. The number of amides is 1. The third-order valence-electron chi connectivity index (χ3n) is 3.95. The lowest BCUT2D eigenvalue weighted by atomic mass is 10.0. The normalized spacial score (nSPS) is 11.8. The fraction of sp³-hybridized carbons (Fsp3) is 0.350. The van der Waals surface area contributed by atoms with E-state index >= 15 is 0 Å². The van der Waals surface area contributed by atoms with Crippen molar-refractivity contribution in [1.29, 1.82) is 0 Å². The summed E-state index contributed by atoms with van der Waals surface area (Å²) in [7, 11) is 5.63. The topological polar surface area (TPSA) is 50.8 Å². The summed E-state index contributed by atoms with van der Waals surface area (Å²) in [5, 5.41) is 2.98. The first-order valence-electron chi connectivity index (χ1n) is 8.35. The summed E-state index contributed by atoms with van der Waals surface area (Å²) in [5.74, 6) is 1.57. The molecule has 134 valence electrons. The van der Waals surface area contributed by atoms with Crippen molar-refractivity contribution in [2.24, 2.45) is 0 Å². The van der Waals surface area contributed by atoms with Gasteiger partial charge in [0.15, 0.2) is 0 Å². The number of hydrogen-bond donors (Lipinski definition) is 1. The van der Waals surface area contributed by atoms with Crippen LogP contribution in [0.5, 0.6) is 11.5 Å². The van der Waals surface area contributed by atoms with Crippen LogP contribution in [-0.4, -0.2) is 45.2 Å². The summed E-state index contributed by atoms with van der Waals surface area (Å²) in [6.45, 7) is 0.870. The molecule has 0 heterocycles. The molecular weight excluding hydrogens is 316 g/mol. The standard InChI is InChI=1S/C20H26N2O3/c1-22(2)18(17-11-7-8-12-19(17)24-3)15-21-20(23)13-14-25-16-9-5-4-6-10-16/h4-12,18H,13-15H2,1-3H3,(H,21,23). The van der Waals surface area contributed by atoms with Crippen LogP contribution in [0.2, 0.25) is 0 Å². The summed E-state index contributed by atoms with van der Waals surface area (Å²) in [4.78, 5) is 14.2. The zero-order chi connectivity index (χ0) is 18.1. The van der Waals surface area contributed by atoms with Crippen molar-refractivity contribution in [3.05, 3.63) is 60.2 Å².